The molecule has 0 saturated heterocycles. The molecule has 0 amide bonds. The van der Waals surface area contributed by atoms with Gasteiger partial charge in [0.25, 0.3) is 0 Å². The second-order valence-electron chi connectivity index (χ2n) is 5.45. The number of rotatable bonds is 2. The maximum atomic E-state index is 6.31. The fourth-order valence-electron chi connectivity index (χ4n) is 2.65. The highest BCUT2D eigenvalue weighted by Gasteiger charge is 2.29. The van der Waals surface area contributed by atoms with Crippen molar-refractivity contribution < 1.29 is 4.74 Å². The number of benzene rings is 1. The van der Waals surface area contributed by atoms with Crippen LogP contribution in [0.3, 0.4) is 0 Å². The number of imidazole rings is 1. The summed E-state index contributed by atoms with van der Waals surface area (Å²) in [6, 6.07) is 6.33. The minimum Gasteiger partial charge on any atom is -0.484 e. The molecule has 0 spiro atoms. The molecule has 1 aromatic heterocycles. The Morgan fingerprint density at radius 1 is 1.45 bits per heavy atom. The zero-order chi connectivity index (χ0) is 14.3. The van der Waals surface area contributed by atoms with Crippen LogP contribution in [0.15, 0.2) is 35.2 Å². The van der Waals surface area contributed by atoms with Gasteiger partial charge in [0.05, 0.1) is 18.2 Å². The molecule has 106 valence electrons. The first-order chi connectivity index (χ1) is 9.56. The third-order valence-corrected chi connectivity index (χ3v) is 4.18. The minimum absolute atomic E-state index is 0.0169. The smallest absolute Gasteiger partial charge is 0.142 e. The molecule has 0 aliphatic carbocycles. The van der Waals surface area contributed by atoms with E-state index in [-0.39, 0.29) is 12.1 Å². The van der Waals surface area contributed by atoms with Crippen molar-refractivity contribution in [3.05, 3.63) is 46.5 Å². The Balaban J connectivity index is 1.95. The van der Waals surface area contributed by atoms with E-state index >= 15 is 0 Å². The van der Waals surface area contributed by atoms with E-state index in [4.69, 9.17) is 10.5 Å². The molecule has 0 radical (unpaired) electrons. The van der Waals surface area contributed by atoms with Gasteiger partial charge in [-0.2, -0.15) is 0 Å². The van der Waals surface area contributed by atoms with E-state index in [9.17, 15) is 0 Å². The van der Waals surface area contributed by atoms with Crippen LogP contribution in [0.4, 0.5) is 0 Å². The summed E-state index contributed by atoms with van der Waals surface area (Å²) in [5, 5.41) is 0. The van der Waals surface area contributed by atoms with E-state index in [1.165, 1.54) is 0 Å². The summed E-state index contributed by atoms with van der Waals surface area (Å²) in [6.45, 7) is 4.28. The molecule has 0 fully saturated rings. The third kappa shape index (κ3) is 2.36. The van der Waals surface area contributed by atoms with Crippen LogP contribution in [0.5, 0.6) is 5.75 Å². The summed E-state index contributed by atoms with van der Waals surface area (Å²) < 4.78 is 9.30. The summed E-state index contributed by atoms with van der Waals surface area (Å²) in [5.74, 6) is 0.869. The van der Waals surface area contributed by atoms with Crippen LogP contribution in [0.2, 0.25) is 0 Å². The zero-order valence-electron chi connectivity index (χ0n) is 11.6. The van der Waals surface area contributed by atoms with Gasteiger partial charge in [0.1, 0.15) is 11.9 Å². The number of aromatic nitrogens is 2. The van der Waals surface area contributed by atoms with E-state index in [2.05, 4.69) is 39.3 Å². The molecular weight excluding hydrogens is 318 g/mol. The highest BCUT2D eigenvalue weighted by molar-refractivity contribution is 9.10. The highest BCUT2D eigenvalue weighted by Crippen LogP contribution is 2.40. The third-order valence-electron chi connectivity index (χ3n) is 3.69. The fourth-order valence-corrected chi connectivity index (χ4v) is 3.03. The van der Waals surface area contributed by atoms with Gasteiger partial charge in [0.2, 0.25) is 0 Å². The molecule has 0 bridgehead atoms. The number of fused-ring (bicyclic) bond motifs is 1. The van der Waals surface area contributed by atoms with Gasteiger partial charge in [-0.1, -0.05) is 15.9 Å². The Morgan fingerprint density at radius 3 is 3.00 bits per heavy atom. The average Bonchev–Trinajstić information content (AvgIpc) is 2.89. The van der Waals surface area contributed by atoms with Gasteiger partial charge in [-0.15, -0.1) is 0 Å². The van der Waals surface area contributed by atoms with Crippen molar-refractivity contribution in [3.63, 3.8) is 0 Å². The van der Waals surface area contributed by atoms with Gasteiger partial charge in [0, 0.05) is 28.5 Å². The number of hydrogen-bond acceptors (Lipinski definition) is 3. The number of nitrogens with two attached hydrogens (primary N) is 1. The van der Waals surface area contributed by atoms with E-state index in [0.717, 1.165) is 27.9 Å². The molecule has 2 heterocycles. The molecule has 4 nitrogen and oxygen atoms in total. The minimum atomic E-state index is -0.0384. The second kappa shape index (κ2) is 5.22. The summed E-state index contributed by atoms with van der Waals surface area (Å²) in [7, 11) is 0. The predicted molar refractivity (Wildman–Crippen MR) is 81.7 cm³/mol. The largest absolute Gasteiger partial charge is 0.484 e. The number of halogens is 1. The lowest BCUT2D eigenvalue weighted by Crippen LogP contribution is -2.26. The van der Waals surface area contributed by atoms with Crippen molar-refractivity contribution in [2.24, 2.45) is 5.73 Å². The van der Waals surface area contributed by atoms with Crippen LogP contribution >= 0.6 is 15.9 Å². The van der Waals surface area contributed by atoms with Crippen molar-refractivity contribution in [1.82, 2.24) is 9.55 Å². The van der Waals surface area contributed by atoms with E-state index < -0.39 is 0 Å². The fraction of sp³-hybridized carbons (Fsp3) is 0.400. The normalized spacial score (nSPS) is 21.6. The van der Waals surface area contributed by atoms with Gasteiger partial charge in [-0.05, 0) is 32.0 Å². The van der Waals surface area contributed by atoms with Crippen LogP contribution in [0.25, 0.3) is 0 Å². The molecule has 3 rings (SSSR count). The first kappa shape index (κ1) is 13.6. The summed E-state index contributed by atoms with van der Waals surface area (Å²) in [4.78, 5) is 4.25. The first-order valence-corrected chi connectivity index (χ1v) is 7.59. The van der Waals surface area contributed by atoms with Gasteiger partial charge in [0.15, 0.2) is 0 Å². The van der Waals surface area contributed by atoms with Crippen LogP contribution in [-0.2, 0) is 0 Å². The first-order valence-electron chi connectivity index (χ1n) is 6.79. The van der Waals surface area contributed by atoms with Gasteiger partial charge in [-0.3, -0.25) is 0 Å². The quantitative estimate of drug-likeness (QED) is 0.909. The lowest BCUT2D eigenvalue weighted by atomic mass is 9.96. The maximum Gasteiger partial charge on any atom is 0.142 e. The van der Waals surface area contributed by atoms with Crippen molar-refractivity contribution in [2.45, 2.75) is 38.5 Å². The standard InChI is InChI=1S/C15H18BrN3O/c1-9(2)19-8-18-7-13(19)15-6-12(17)11-5-10(16)3-4-14(11)20-15/h3-5,7-9,12,15H,6,17H2,1-2H3/t12-,15?/m1/s1. The SMILES string of the molecule is CC(C)n1cncc1C1C[C@@H](N)c2cc(Br)ccc2O1. The molecule has 2 aromatic rings. The summed E-state index contributed by atoms with van der Waals surface area (Å²) in [6.07, 6.45) is 4.46. The lowest BCUT2D eigenvalue weighted by molar-refractivity contribution is 0.151. The van der Waals surface area contributed by atoms with E-state index in [1.54, 1.807) is 0 Å². The Bertz CT molecular complexity index is 623. The zero-order valence-corrected chi connectivity index (χ0v) is 13.2. The van der Waals surface area contributed by atoms with Crippen molar-refractivity contribution in [3.8, 4) is 5.75 Å². The summed E-state index contributed by atoms with van der Waals surface area (Å²) >= 11 is 3.48. The van der Waals surface area contributed by atoms with Crippen LogP contribution in [-0.4, -0.2) is 9.55 Å². The van der Waals surface area contributed by atoms with Crippen molar-refractivity contribution in [1.29, 1.82) is 0 Å². The monoisotopic (exact) mass is 335 g/mol. The molecule has 1 aromatic carbocycles. The highest BCUT2D eigenvalue weighted by atomic mass is 79.9. The van der Waals surface area contributed by atoms with Crippen LogP contribution in [0, 0.1) is 0 Å². The number of nitrogens with zero attached hydrogens (tertiary/aromatic N) is 2. The van der Waals surface area contributed by atoms with Gasteiger partial charge >= 0.3 is 0 Å². The lowest BCUT2D eigenvalue weighted by Gasteiger charge is -2.31. The Hall–Kier alpha value is -1.33. The molecule has 0 saturated carbocycles. The molecule has 2 atom stereocenters. The Labute approximate surface area is 127 Å². The Morgan fingerprint density at radius 2 is 2.25 bits per heavy atom. The molecule has 1 unspecified atom stereocenters. The average molecular weight is 336 g/mol. The van der Waals surface area contributed by atoms with Crippen molar-refractivity contribution in [2.75, 3.05) is 0 Å². The molecule has 20 heavy (non-hydrogen) atoms. The van der Waals surface area contributed by atoms with Crippen LogP contribution < -0.4 is 10.5 Å². The maximum absolute atomic E-state index is 6.31. The number of ether oxygens (including phenoxy) is 1. The second-order valence-corrected chi connectivity index (χ2v) is 6.37. The van der Waals surface area contributed by atoms with E-state index in [0.29, 0.717) is 6.04 Å². The molecule has 5 heteroatoms. The van der Waals surface area contributed by atoms with Crippen molar-refractivity contribution >= 4 is 15.9 Å². The summed E-state index contributed by atoms with van der Waals surface area (Å²) in [5.41, 5.74) is 8.46. The predicted octanol–water partition coefficient (Wildman–Crippen LogP) is 3.75. The van der Waals surface area contributed by atoms with Gasteiger partial charge < -0.3 is 15.0 Å². The molecule has 1 aliphatic rings. The molecular formula is C15H18BrN3O. The topological polar surface area (TPSA) is 53.1 Å². The van der Waals surface area contributed by atoms with Crippen LogP contribution in [0.1, 0.15) is 49.7 Å². The molecule has 2 N–H and O–H groups in total. The van der Waals surface area contributed by atoms with E-state index in [1.807, 2.05) is 30.7 Å². The number of hydrogen-bond donors (Lipinski definition) is 1. The Kier molecular flexibility index (Phi) is 3.56. The molecule has 1 aliphatic heterocycles. The van der Waals surface area contributed by atoms with Gasteiger partial charge in [-0.25, -0.2) is 4.98 Å².